The summed E-state index contributed by atoms with van der Waals surface area (Å²) in [5.41, 5.74) is 0.797. The Bertz CT molecular complexity index is 638. The number of carbonyl (C=O) groups excluding carboxylic acids is 1. The largest absolute Gasteiger partial charge is 0.573 e. The Hall–Kier alpha value is -2.37. The van der Waals surface area contributed by atoms with E-state index in [4.69, 9.17) is 0 Å². The van der Waals surface area contributed by atoms with Gasteiger partial charge in [-0.1, -0.05) is 12.1 Å². The second-order valence-corrected chi connectivity index (χ2v) is 4.12. The summed E-state index contributed by atoms with van der Waals surface area (Å²) in [6, 6.07) is 6.78. The Morgan fingerprint density at radius 1 is 1.20 bits per heavy atom. The number of aryl methyl sites for hydroxylation is 1. The number of ether oxygens (including phenoxy) is 1. The van der Waals surface area contributed by atoms with Crippen molar-refractivity contribution in [2.45, 2.75) is 13.3 Å². The molecule has 2 aromatic rings. The zero-order chi connectivity index (χ0) is 14.8. The summed E-state index contributed by atoms with van der Waals surface area (Å²) in [7, 11) is 0. The number of carbonyl (C=O) groups is 1. The Morgan fingerprint density at radius 3 is 2.55 bits per heavy atom. The van der Waals surface area contributed by atoms with Crippen molar-refractivity contribution in [1.82, 2.24) is 4.98 Å². The van der Waals surface area contributed by atoms with E-state index in [0.717, 1.165) is 11.6 Å². The average molecular weight is 281 g/mol. The molecule has 0 aliphatic heterocycles. The number of para-hydroxylation sites is 1. The maximum atomic E-state index is 12.3. The zero-order valence-corrected chi connectivity index (χ0v) is 10.4. The fourth-order valence-electron chi connectivity index (χ4n) is 1.70. The lowest BCUT2D eigenvalue weighted by Gasteiger charge is -2.12. The maximum Gasteiger partial charge on any atom is 0.573 e. The van der Waals surface area contributed by atoms with E-state index in [1.165, 1.54) is 24.4 Å². The van der Waals surface area contributed by atoms with Gasteiger partial charge in [0.1, 0.15) is 5.75 Å². The van der Waals surface area contributed by atoms with E-state index in [9.17, 15) is 18.0 Å². The van der Waals surface area contributed by atoms with E-state index >= 15 is 0 Å². The number of nitrogens with zero attached hydrogens (tertiary/aromatic N) is 1. The predicted octanol–water partition coefficient (Wildman–Crippen LogP) is 3.52. The lowest BCUT2D eigenvalue weighted by Crippen LogP contribution is -2.19. The molecule has 0 unspecified atom stereocenters. The first-order chi connectivity index (χ1) is 9.37. The van der Waals surface area contributed by atoms with Crippen molar-refractivity contribution in [3.8, 4) is 5.75 Å². The van der Waals surface area contributed by atoms with Gasteiger partial charge in [0, 0.05) is 18.0 Å². The second-order valence-electron chi connectivity index (χ2n) is 4.12. The van der Waals surface area contributed by atoms with Gasteiger partial charge >= 0.3 is 6.36 Å². The monoisotopic (exact) mass is 281 g/mol. The summed E-state index contributed by atoms with van der Waals surface area (Å²) in [4.78, 5) is 16.1. The molecule has 0 radical (unpaired) electrons. The minimum absolute atomic E-state index is 0.155. The van der Waals surface area contributed by atoms with E-state index in [-0.39, 0.29) is 11.1 Å². The van der Waals surface area contributed by atoms with Gasteiger partial charge in [0.25, 0.3) is 0 Å². The topological polar surface area (TPSA) is 39.2 Å². The van der Waals surface area contributed by atoms with Gasteiger partial charge in [-0.15, -0.1) is 13.2 Å². The van der Waals surface area contributed by atoms with Crippen LogP contribution in [0.25, 0.3) is 0 Å². The lowest BCUT2D eigenvalue weighted by molar-refractivity contribution is -0.274. The van der Waals surface area contributed by atoms with Crippen molar-refractivity contribution in [2.24, 2.45) is 0 Å². The molecule has 0 fully saturated rings. The fourth-order valence-corrected chi connectivity index (χ4v) is 1.70. The standard InChI is InChI=1S/C14H10F3NO2/c1-9-6-10(8-18-7-9)13(19)11-4-2-3-5-12(11)20-14(15,16)17/h2-8H,1H3. The predicted molar refractivity (Wildman–Crippen MR) is 65.5 cm³/mol. The minimum Gasteiger partial charge on any atom is -0.405 e. The molecule has 0 aliphatic carbocycles. The van der Waals surface area contributed by atoms with Crippen molar-refractivity contribution in [1.29, 1.82) is 0 Å². The molecule has 0 atom stereocenters. The van der Waals surface area contributed by atoms with E-state index < -0.39 is 17.9 Å². The molecule has 0 spiro atoms. The van der Waals surface area contributed by atoms with Gasteiger partial charge in [-0.25, -0.2) is 0 Å². The van der Waals surface area contributed by atoms with Gasteiger partial charge in [0.05, 0.1) is 5.56 Å². The van der Waals surface area contributed by atoms with E-state index in [1.807, 2.05) is 0 Å². The van der Waals surface area contributed by atoms with Gasteiger partial charge < -0.3 is 4.74 Å². The molecule has 1 aromatic heterocycles. The zero-order valence-electron chi connectivity index (χ0n) is 10.4. The van der Waals surface area contributed by atoms with Crippen molar-refractivity contribution < 1.29 is 22.7 Å². The van der Waals surface area contributed by atoms with Gasteiger partial charge in [0.2, 0.25) is 0 Å². The molecule has 0 amide bonds. The van der Waals surface area contributed by atoms with Crippen LogP contribution in [0.2, 0.25) is 0 Å². The van der Waals surface area contributed by atoms with Crippen molar-refractivity contribution in [3.63, 3.8) is 0 Å². The summed E-state index contributed by atoms with van der Waals surface area (Å²) in [6.07, 6.45) is -1.99. The van der Waals surface area contributed by atoms with Crippen molar-refractivity contribution >= 4 is 5.78 Å². The second kappa shape index (κ2) is 5.32. The third-order valence-electron chi connectivity index (χ3n) is 2.49. The van der Waals surface area contributed by atoms with Crippen LogP contribution in [-0.2, 0) is 0 Å². The molecular formula is C14H10F3NO2. The van der Waals surface area contributed by atoms with Gasteiger partial charge in [-0.05, 0) is 30.7 Å². The van der Waals surface area contributed by atoms with E-state index in [1.54, 1.807) is 19.2 Å². The highest BCUT2D eigenvalue weighted by molar-refractivity contribution is 6.10. The number of aromatic nitrogens is 1. The third kappa shape index (κ3) is 3.34. The molecule has 0 saturated carbocycles. The SMILES string of the molecule is Cc1cncc(C(=O)c2ccccc2OC(F)(F)F)c1. The Kier molecular flexibility index (Phi) is 3.74. The van der Waals surface area contributed by atoms with E-state index in [0.29, 0.717) is 0 Å². The number of hydrogen-bond acceptors (Lipinski definition) is 3. The number of rotatable bonds is 3. The molecule has 0 N–H and O–H groups in total. The van der Waals surface area contributed by atoms with Gasteiger partial charge in [-0.3, -0.25) is 9.78 Å². The molecule has 2 rings (SSSR count). The molecule has 1 heterocycles. The summed E-state index contributed by atoms with van der Waals surface area (Å²) in [6.45, 7) is 1.74. The number of hydrogen-bond donors (Lipinski definition) is 0. The van der Waals surface area contributed by atoms with Crippen LogP contribution in [0.3, 0.4) is 0 Å². The van der Waals surface area contributed by atoms with E-state index in [2.05, 4.69) is 9.72 Å². The smallest absolute Gasteiger partial charge is 0.405 e. The number of benzene rings is 1. The fraction of sp³-hybridized carbons (Fsp3) is 0.143. The van der Waals surface area contributed by atoms with Crippen LogP contribution in [0.4, 0.5) is 13.2 Å². The van der Waals surface area contributed by atoms with Gasteiger partial charge in [0.15, 0.2) is 5.78 Å². The van der Waals surface area contributed by atoms with Crippen LogP contribution in [0.15, 0.2) is 42.7 Å². The van der Waals surface area contributed by atoms with Crippen LogP contribution in [0.1, 0.15) is 21.5 Å². The number of halogens is 3. The number of ketones is 1. The molecule has 0 aliphatic rings. The molecule has 0 bridgehead atoms. The highest BCUT2D eigenvalue weighted by atomic mass is 19.4. The van der Waals surface area contributed by atoms with Gasteiger partial charge in [-0.2, -0.15) is 0 Å². The summed E-state index contributed by atoms with van der Waals surface area (Å²) < 4.78 is 40.8. The number of pyridine rings is 1. The number of alkyl halides is 3. The van der Waals surface area contributed by atoms with Crippen molar-refractivity contribution in [3.05, 3.63) is 59.4 Å². The summed E-state index contributed by atoms with van der Waals surface area (Å²) >= 11 is 0. The minimum atomic E-state index is -4.85. The Balaban J connectivity index is 2.40. The molecule has 1 aromatic carbocycles. The Labute approximate surface area is 113 Å². The quantitative estimate of drug-likeness (QED) is 0.808. The first-order valence-electron chi connectivity index (χ1n) is 5.68. The normalized spacial score (nSPS) is 11.2. The molecule has 0 saturated heterocycles. The van der Waals surface area contributed by atoms with Crippen molar-refractivity contribution in [2.75, 3.05) is 0 Å². The highest BCUT2D eigenvalue weighted by Gasteiger charge is 2.32. The van der Waals surface area contributed by atoms with Crippen LogP contribution in [-0.4, -0.2) is 17.1 Å². The van der Waals surface area contributed by atoms with Crippen LogP contribution >= 0.6 is 0 Å². The highest BCUT2D eigenvalue weighted by Crippen LogP contribution is 2.27. The third-order valence-corrected chi connectivity index (χ3v) is 2.49. The molecule has 6 heteroatoms. The first-order valence-corrected chi connectivity index (χ1v) is 5.68. The van der Waals surface area contributed by atoms with Crippen LogP contribution in [0.5, 0.6) is 5.75 Å². The lowest BCUT2D eigenvalue weighted by atomic mass is 10.0. The summed E-state index contributed by atoms with van der Waals surface area (Å²) in [5.74, 6) is -1.09. The Morgan fingerprint density at radius 2 is 1.90 bits per heavy atom. The molecule has 20 heavy (non-hydrogen) atoms. The molecule has 3 nitrogen and oxygen atoms in total. The van der Waals surface area contributed by atoms with Crippen LogP contribution in [0, 0.1) is 6.92 Å². The van der Waals surface area contributed by atoms with Crippen LogP contribution < -0.4 is 4.74 Å². The average Bonchev–Trinajstić information content (AvgIpc) is 2.37. The maximum absolute atomic E-state index is 12.3. The first kappa shape index (κ1) is 14.0. The molecule has 104 valence electrons. The molecular weight excluding hydrogens is 271 g/mol. The summed E-state index contributed by atoms with van der Waals surface area (Å²) in [5, 5.41) is 0.